The zero-order chi connectivity index (χ0) is 23.6. The van der Waals surface area contributed by atoms with Crippen LogP contribution in [-0.2, 0) is 32.1 Å². The monoisotopic (exact) mass is 465 g/mol. The Morgan fingerprint density at radius 1 is 1.06 bits per heavy atom. The van der Waals surface area contributed by atoms with Crippen molar-refractivity contribution in [3.8, 4) is 5.75 Å². The highest BCUT2D eigenvalue weighted by Gasteiger charge is 2.15. The van der Waals surface area contributed by atoms with Crippen molar-refractivity contribution in [2.75, 3.05) is 12.4 Å². The molecule has 3 aromatic rings. The van der Waals surface area contributed by atoms with Gasteiger partial charge in [0.25, 0.3) is 0 Å². The summed E-state index contributed by atoms with van der Waals surface area (Å²) in [5.74, 6) is -0.740. The number of carbonyl (C=O) groups excluding carboxylic acids is 3. The van der Waals surface area contributed by atoms with E-state index in [0.717, 1.165) is 5.56 Å². The lowest BCUT2D eigenvalue weighted by atomic mass is 10.2. The van der Waals surface area contributed by atoms with Gasteiger partial charge in [-0.15, -0.1) is 11.3 Å². The average molecular weight is 466 g/mol. The van der Waals surface area contributed by atoms with Gasteiger partial charge in [0.2, 0.25) is 11.8 Å². The lowest BCUT2D eigenvalue weighted by Gasteiger charge is -2.09. The first-order valence-electron chi connectivity index (χ1n) is 10.0. The van der Waals surface area contributed by atoms with Gasteiger partial charge in [-0.05, 0) is 23.8 Å². The number of methoxy groups -OCH3 is 1. The number of ether oxygens (including phenoxy) is 2. The summed E-state index contributed by atoms with van der Waals surface area (Å²) >= 11 is 1.29. The zero-order valence-corrected chi connectivity index (χ0v) is 19.0. The second kappa shape index (κ2) is 11.6. The van der Waals surface area contributed by atoms with Crippen LogP contribution >= 0.6 is 11.3 Å². The maximum absolute atomic E-state index is 12.5. The van der Waals surface area contributed by atoms with Gasteiger partial charge in [0.05, 0.1) is 24.9 Å². The second-order valence-corrected chi connectivity index (χ2v) is 7.83. The number of aromatic nitrogens is 1. The van der Waals surface area contributed by atoms with Gasteiger partial charge in [-0.25, -0.2) is 9.78 Å². The molecule has 0 aliphatic rings. The Balaban J connectivity index is 1.58. The summed E-state index contributed by atoms with van der Waals surface area (Å²) < 4.78 is 10.5. The van der Waals surface area contributed by atoms with E-state index in [2.05, 4.69) is 15.6 Å². The smallest absolute Gasteiger partial charge is 0.355 e. The minimum absolute atomic E-state index is 0.0281. The molecule has 0 aliphatic carbocycles. The lowest BCUT2D eigenvalue weighted by Crippen LogP contribution is -2.26. The number of hydrogen-bond donors (Lipinski definition) is 2. The molecule has 0 radical (unpaired) electrons. The van der Waals surface area contributed by atoms with Gasteiger partial charge in [-0.1, -0.05) is 42.5 Å². The lowest BCUT2D eigenvalue weighted by molar-refractivity contribution is -0.141. The Kier molecular flexibility index (Phi) is 8.31. The van der Waals surface area contributed by atoms with Crippen LogP contribution < -0.4 is 15.4 Å². The van der Waals surface area contributed by atoms with Crippen molar-refractivity contribution in [2.45, 2.75) is 20.0 Å². The molecule has 8 nitrogen and oxygen atoms in total. The molecule has 0 atom stereocenters. The van der Waals surface area contributed by atoms with Gasteiger partial charge in [-0.2, -0.15) is 0 Å². The zero-order valence-electron chi connectivity index (χ0n) is 18.2. The van der Waals surface area contributed by atoms with Crippen LogP contribution in [0.25, 0.3) is 6.08 Å². The van der Waals surface area contributed by atoms with Crippen LogP contribution in [0.5, 0.6) is 5.75 Å². The summed E-state index contributed by atoms with van der Waals surface area (Å²) in [6, 6.07) is 16.2. The number of para-hydroxylation sites is 2. The molecule has 0 saturated heterocycles. The topological polar surface area (TPSA) is 107 Å². The molecule has 170 valence electrons. The molecule has 0 spiro atoms. The maximum Gasteiger partial charge on any atom is 0.355 e. The SMILES string of the molecule is COc1ccccc1NC(=O)Cc1nc(COC(=O)C(=Cc2ccccc2)NC(C)=O)cs1. The average Bonchev–Trinajstić information content (AvgIpc) is 3.24. The fourth-order valence-corrected chi connectivity index (χ4v) is 3.62. The molecule has 33 heavy (non-hydrogen) atoms. The van der Waals surface area contributed by atoms with Gasteiger partial charge < -0.3 is 20.1 Å². The van der Waals surface area contributed by atoms with E-state index in [9.17, 15) is 14.4 Å². The van der Waals surface area contributed by atoms with Crippen LogP contribution in [-0.4, -0.2) is 29.9 Å². The number of benzene rings is 2. The largest absolute Gasteiger partial charge is 0.495 e. The first kappa shape index (κ1) is 23.7. The molecule has 2 amide bonds. The van der Waals surface area contributed by atoms with E-state index in [0.29, 0.717) is 22.1 Å². The van der Waals surface area contributed by atoms with Crippen LogP contribution in [0.4, 0.5) is 5.69 Å². The molecule has 2 aromatic carbocycles. The number of anilines is 1. The van der Waals surface area contributed by atoms with E-state index >= 15 is 0 Å². The first-order chi connectivity index (χ1) is 15.9. The van der Waals surface area contributed by atoms with Crippen LogP contribution in [0.3, 0.4) is 0 Å². The molecular formula is C24H23N3O5S. The molecule has 9 heteroatoms. The summed E-state index contributed by atoms with van der Waals surface area (Å²) in [7, 11) is 1.53. The predicted octanol–water partition coefficient (Wildman–Crippen LogP) is 3.55. The third-order valence-electron chi connectivity index (χ3n) is 4.28. The number of hydrogen-bond acceptors (Lipinski definition) is 7. The van der Waals surface area contributed by atoms with Crippen molar-refractivity contribution < 1.29 is 23.9 Å². The van der Waals surface area contributed by atoms with Gasteiger partial charge in [0.1, 0.15) is 23.1 Å². The highest BCUT2D eigenvalue weighted by molar-refractivity contribution is 7.09. The fourth-order valence-electron chi connectivity index (χ4n) is 2.84. The molecule has 3 rings (SSSR count). The minimum atomic E-state index is -0.683. The summed E-state index contributed by atoms with van der Waals surface area (Å²) in [6.07, 6.45) is 1.61. The number of nitrogens with zero attached hydrogens (tertiary/aromatic N) is 1. The highest BCUT2D eigenvalue weighted by atomic mass is 32.1. The minimum Gasteiger partial charge on any atom is -0.495 e. The predicted molar refractivity (Wildman–Crippen MR) is 125 cm³/mol. The Bertz CT molecular complexity index is 1160. The van der Waals surface area contributed by atoms with Crippen LogP contribution in [0.15, 0.2) is 65.7 Å². The summed E-state index contributed by atoms with van der Waals surface area (Å²) in [6.45, 7) is 1.23. The molecule has 1 aromatic heterocycles. The molecule has 0 bridgehead atoms. The van der Waals surface area contributed by atoms with Crippen LogP contribution in [0, 0.1) is 0 Å². The fraction of sp³-hybridized carbons (Fsp3) is 0.167. The van der Waals surface area contributed by atoms with Crippen molar-refractivity contribution in [1.29, 1.82) is 0 Å². The van der Waals surface area contributed by atoms with E-state index in [4.69, 9.17) is 9.47 Å². The first-order valence-corrected chi connectivity index (χ1v) is 10.9. The molecule has 0 unspecified atom stereocenters. The van der Waals surface area contributed by atoms with Crippen molar-refractivity contribution in [3.63, 3.8) is 0 Å². The van der Waals surface area contributed by atoms with Crippen molar-refractivity contribution in [2.24, 2.45) is 0 Å². The molecule has 0 aliphatic heterocycles. The quantitative estimate of drug-likeness (QED) is 0.370. The van der Waals surface area contributed by atoms with Crippen molar-refractivity contribution >= 4 is 40.9 Å². The van der Waals surface area contributed by atoms with Crippen LogP contribution in [0.1, 0.15) is 23.2 Å². The normalized spacial score (nSPS) is 10.9. The number of rotatable bonds is 9. The summed E-state index contributed by atoms with van der Waals surface area (Å²) in [5, 5.41) is 7.59. The standard InChI is InChI=1S/C24H23N3O5S/c1-16(28)25-20(12-17-8-4-3-5-9-17)24(30)32-14-18-15-33-23(26-18)13-22(29)27-19-10-6-7-11-21(19)31-2/h3-12,15H,13-14H2,1-2H3,(H,25,28)(H,27,29). The highest BCUT2D eigenvalue weighted by Crippen LogP contribution is 2.23. The molecule has 1 heterocycles. The molecule has 0 saturated carbocycles. The number of nitrogens with one attached hydrogen (secondary N) is 2. The van der Waals surface area contributed by atoms with Crippen molar-refractivity contribution in [1.82, 2.24) is 10.3 Å². The Morgan fingerprint density at radius 3 is 2.52 bits per heavy atom. The number of thiazole rings is 1. The summed E-state index contributed by atoms with van der Waals surface area (Å²) in [5.41, 5.74) is 1.86. The Morgan fingerprint density at radius 2 is 1.79 bits per heavy atom. The Hall–Kier alpha value is -3.98. The third kappa shape index (κ3) is 7.29. The second-order valence-electron chi connectivity index (χ2n) is 6.88. The summed E-state index contributed by atoms with van der Waals surface area (Å²) in [4.78, 5) is 40.7. The van der Waals surface area contributed by atoms with E-state index in [-0.39, 0.29) is 30.5 Å². The van der Waals surface area contributed by atoms with E-state index in [1.807, 2.05) is 24.3 Å². The number of amides is 2. The molecule has 0 fully saturated rings. The van der Waals surface area contributed by atoms with Gasteiger partial charge in [-0.3, -0.25) is 9.59 Å². The van der Waals surface area contributed by atoms with Crippen molar-refractivity contribution in [3.05, 3.63) is 81.9 Å². The van der Waals surface area contributed by atoms with Crippen LogP contribution in [0.2, 0.25) is 0 Å². The number of esters is 1. The molecular weight excluding hydrogens is 442 g/mol. The maximum atomic E-state index is 12.5. The van der Waals surface area contributed by atoms with Gasteiger partial charge >= 0.3 is 5.97 Å². The van der Waals surface area contributed by atoms with E-state index in [1.165, 1.54) is 25.4 Å². The van der Waals surface area contributed by atoms with E-state index < -0.39 is 5.97 Å². The molecule has 2 N–H and O–H groups in total. The van der Waals surface area contributed by atoms with E-state index in [1.54, 1.807) is 41.8 Å². The van der Waals surface area contributed by atoms with Gasteiger partial charge in [0.15, 0.2) is 0 Å². The Labute approximate surface area is 195 Å². The third-order valence-corrected chi connectivity index (χ3v) is 5.18. The number of carbonyl (C=O) groups is 3. The van der Waals surface area contributed by atoms with Gasteiger partial charge in [0, 0.05) is 12.3 Å².